The van der Waals surface area contributed by atoms with Crippen LogP contribution in [0.1, 0.15) is 42.5 Å². The molecule has 2 rings (SSSR count). The van der Waals surface area contributed by atoms with E-state index in [0.29, 0.717) is 12.5 Å². The normalized spacial score (nSPS) is 15.3. The van der Waals surface area contributed by atoms with Gasteiger partial charge in [-0.25, -0.2) is 0 Å². The van der Waals surface area contributed by atoms with Gasteiger partial charge < -0.3 is 5.11 Å². The first kappa shape index (κ1) is 15.7. The Kier molecular flexibility index (Phi) is 6.20. The number of nitrogens with zero attached hydrogens (tertiary/aromatic N) is 1. The Hall–Kier alpha value is -0.710. The Bertz CT molecular complexity index is 429. The number of benzene rings is 1. The first-order chi connectivity index (χ1) is 9.70. The molecule has 1 aromatic rings. The quantitative estimate of drug-likeness (QED) is 0.739. The molecule has 1 saturated carbocycles. The fraction of sp³-hybridized carbons (Fsp3) is 0.562. The lowest BCUT2D eigenvalue weighted by atomic mass is 9.91. The molecule has 4 heteroatoms. The van der Waals surface area contributed by atoms with Gasteiger partial charge in [0.15, 0.2) is 5.78 Å². The lowest BCUT2D eigenvalue weighted by Crippen LogP contribution is -2.42. The average molecular weight is 340 g/mol. The number of carbonyl (C=O) groups excluding carboxylic acids is 1. The van der Waals surface area contributed by atoms with E-state index in [-0.39, 0.29) is 12.4 Å². The van der Waals surface area contributed by atoms with Crippen LogP contribution < -0.4 is 0 Å². The van der Waals surface area contributed by atoms with Gasteiger partial charge in [0.25, 0.3) is 0 Å². The van der Waals surface area contributed by atoms with Crippen molar-refractivity contribution in [2.45, 2.75) is 38.1 Å². The van der Waals surface area contributed by atoms with Crippen molar-refractivity contribution in [2.24, 2.45) is 0 Å². The molecular weight excluding hydrogens is 318 g/mol. The third-order valence-electron chi connectivity index (χ3n) is 3.99. The number of Topliss-reactive ketones (excluding diaryl/α,β-unsaturated/α-hetero) is 1. The average Bonchev–Trinajstić information content (AvgIpc) is 2.40. The summed E-state index contributed by atoms with van der Waals surface area (Å²) in [6.45, 7) is 1.93. The zero-order valence-electron chi connectivity index (χ0n) is 11.7. The second-order valence-corrected chi connectivity index (χ2v) is 6.29. The zero-order chi connectivity index (χ0) is 14.4. The van der Waals surface area contributed by atoms with Crippen LogP contribution in [0.2, 0.25) is 0 Å². The monoisotopic (exact) mass is 339 g/mol. The van der Waals surface area contributed by atoms with Gasteiger partial charge in [-0.15, -0.1) is 0 Å². The van der Waals surface area contributed by atoms with E-state index in [0.717, 1.165) is 29.5 Å². The fourth-order valence-electron chi connectivity index (χ4n) is 2.53. The van der Waals surface area contributed by atoms with E-state index in [1.54, 1.807) is 0 Å². The van der Waals surface area contributed by atoms with Gasteiger partial charge in [0.2, 0.25) is 0 Å². The Morgan fingerprint density at radius 2 is 1.95 bits per heavy atom. The molecule has 0 spiro atoms. The number of ketones is 1. The summed E-state index contributed by atoms with van der Waals surface area (Å²) < 4.78 is 0.994. The lowest BCUT2D eigenvalue weighted by Gasteiger charge is -2.37. The van der Waals surface area contributed by atoms with Crippen molar-refractivity contribution in [1.29, 1.82) is 0 Å². The molecule has 3 nitrogen and oxygen atoms in total. The molecule has 1 fully saturated rings. The second-order valence-electron chi connectivity index (χ2n) is 5.38. The Morgan fingerprint density at radius 1 is 1.25 bits per heavy atom. The van der Waals surface area contributed by atoms with Crippen LogP contribution >= 0.6 is 15.9 Å². The Labute approximate surface area is 129 Å². The second kappa shape index (κ2) is 7.91. The Balaban J connectivity index is 1.84. The summed E-state index contributed by atoms with van der Waals surface area (Å²) in [6.07, 6.45) is 5.11. The van der Waals surface area contributed by atoms with Gasteiger partial charge in [0.05, 0.1) is 0 Å². The molecule has 0 saturated heterocycles. The summed E-state index contributed by atoms with van der Waals surface area (Å²) in [7, 11) is 0. The summed E-state index contributed by atoms with van der Waals surface area (Å²) in [5, 5.41) is 8.97. The van der Waals surface area contributed by atoms with E-state index in [2.05, 4.69) is 20.8 Å². The molecule has 1 N–H and O–H groups in total. The summed E-state index contributed by atoms with van der Waals surface area (Å²) in [4.78, 5) is 14.5. The van der Waals surface area contributed by atoms with Crippen molar-refractivity contribution < 1.29 is 9.90 Å². The molecule has 0 bridgehead atoms. The van der Waals surface area contributed by atoms with Gasteiger partial charge in [-0.3, -0.25) is 9.69 Å². The van der Waals surface area contributed by atoms with Crippen LogP contribution in [0.4, 0.5) is 0 Å². The number of halogens is 1. The molecule has 1 aromatic carbocycles. The predicted molar refractivity (Wildman–Crippen MR) is 84.0 cm³/mol. The maximum Gasteiger partial charge on any atom is 0.164 e. The van der Waals surface area contributed by atoms with Gasteiger partial charge in [-0.05, 0) is 31.4 Å². The maximum absolute atomic E-state index is 12.2. The van der Waals surface area contributed by atoms with E-state index in [1.165, 1.54) is 19.3 Å². The molecule has 0 heterocycles. The first-order valence-corrected chi connectivity index (χ1v) is 8.13. The smallest absolute Gasteiger partial charge is 0.164 e. The largest absolute Gasteiger partial charge is 0.396 e. The van der Waals surface area contributed by atoms with Gasteiger partial charge >= 0.3 is 0 Å². The highest BCUT2D eigenvalue weighted by Gasteiger charge is 2.24. The van der Waals surface area contributed by atoms with E-state index in [9.17, 15) is 4.79 Å². The highest BCUT2D eigenvalue weighted by atomic mass is 79.9. The maximum atomic E-state index is 12.2. The molecule has 20 heavy (non-hydrogen) atoms. The van der Waals surface area contributed by atoms with Crippen LogP contribution in [0.5, 0.6) is 0 Å². The van der Waals surface area contributed by atoms with Gasteiger partial charge in [0, 0.05) is 42.2 Å². The van der Waals surface area contributed by atoms with Crippen molar-refractivity contribution >= 4 is 21.7 Å². The highest BCUT2D eigenvalue weighted by Crippen LogP contribution is 2.25. The van der Waals surface area contributed by atoms with E-state index in [1.807, 2.05) is 24.3 Å². The van der Waals surface area contributed by atoms with Gasteiger partial charge in [0.1, 0.15) is 0 Å². The summed E-state index contributed by atoms with van der Waals surface area (Å²) >= 11 is 3.38. The fourth-order valence-corrected chi connectivity index (χ4v) is 2.79. The number of aliphatic hydroxyl groups excluding tert-OH is 1. The number of hydrogen-bond acceptors (Lipinski definition) is 3. The highest BCUT2D eigenvalue weighted by molar-refractivity contribution is 9.10. The van der Waals surface area contributed by atoms with Crippen molar-refractivity contribution in [3.8, 4) is 0 Å². The van der Waals surface area contributed by atoms with Crippen molar-refractivity contribution in [1.82, 2.24) is 4.90 Å². The van der Waals surface area contributed by atoms with Crippen LogP contribution in [0.25, 0.3) is 0 Å². The molecule has 0 unspecified atom stereocenters. The molecule has 0 amide bonds. The van der Waals surface area contributed by atoms with Crippen LogP contribution in [0.15, 0.2) is 28.7 Å². The molecule has 0 aliphatic heterocycles. The molecule has 1 aliphatic carbocycles. The van der Waals surface area contributed by atoms with Crippen molar-refractivity contribution in [3.63, 3.8) is 0 Å². The van der Waals surface area contributed by atoms with Crippen molar-refractivity contribution in [3.05, 3.63) is 34.3 Å². The van der Waals surface area contributed by atoms with Crippen LogP contribution in [-0.4, -0.2) is 41.5 Å². The SMILES string of the molecule is O=C(CCN(CCCO)C1CCC1)c1ccc(Br)cc1. The molecule has 0 radical (unpaired) electrons. The molecule has 0 aromatic heterocycles. The van der Waals surface area contributed by atoms with Crippen LogP contribution in [0, 0.1) is 0 Å². The minimum atomic E-state index is 0.200. The van der Waals surface area contributed by atoms with E-state index < -0.39 is 0 Å². The summed E-state index contributed by atoms with van der Waals surface area (Å²) in [5.74, 6) is 0.200. The number of carbonyl (C=O) groups is 1. The van der Waals surface area contributed by atoms with Gasteiger partial charge in [-0.1, -0.05) is 34.5 Å². The van der Waals surface area contributed by atoms with Gasteiger partial charge in [-0.2, -0.15) is 0 Å². The zero-order valence-corrected chi connectivity index (χ0v) is 13.3. The minimum Gasteiger partial charge on any atom is -0.396 e. The number of rotatable bonds is 8. The molecule has 110 valence electrons. The minimum absolute atomic E-state index is 0.200. The topological polar surface area (TPSA) is 40.5 Å². The first-order valence-electron chi connectivity index (χ1n) is 7.34. The summed E-state index contributed by atoms with van der Waals surface area (Å²) in [5.41, 5.74) is 0.781. The summed E-state index contributed by atoms with van der Waals surface area (Å²) in [6, 6.07) is 8.17. The lowest BCUT2D eigenvalue weighted by molar-refractivity contribution is 0.0887. The van der Waals surface area contributed by atoms with Crippen LogP contribution in [0.3, 0.4) is 0 Å². The predicted octanol–water partition coefficient (Wildman–Crippen LogP) is 3.26. The number of hydrogen-bond donors (Lipinski definition) is 1. The van der Waals surface area contributed by atoms with Crippen molar-refractivity contribution in [2.75, 3.05) is 19.7 Å². The standard InChI is InChI=1S/C16H22BrNO2/c17-14-7-5-13(6-8-14)16(20)9-11-18(10-2-12-19)15-3-1-4-15/h5-8,15,19H,1-4,9-12H2. The van der Waals surface area contributed by atoms with Crippen LogP contribution in [-0.2, 0) is 0 Å². The number of aliphatic hydroxyl groups is 1. The molecule has 1 aliphatic rings. The molecular formula is C16H22BrNO2. The molecule has 0 atom stereocenters. The van der Waals surface area contributed by atoms with E-state index >= 15 is 0 Å². The third kappa shape index (κ3) is 4.40. The Morgan fingerprint density at radius 3 is 2.50 bits per heavy atom. The third-order valence-corrected chi connectivity index (χ3v) is 4.52. The van der Waals surface area contributed by atoms with E-state index in [4.69, 9.17) is 5.11 Å².